The first-order valence-corrected chi connectivity index (χ1v) is 10.8. The van der Waals surface area contributed by atoms with Crippen molar-refractivity contribution in [3.05, 3.63) is 77.3 Å². The minimum atomic E-state index is -0.205. The number of hydrogen-bond donors (Lipinski definition) is 1. The number of methoxy groups -OCH3 is 1. The van der Waals surface area contributed by atoms with Gasteiger partial charge >= 0.3 is 0 Å². The van der Waals surface area contributed by atoms with E-state index in [1.807, 2.05) is 35.0 Å². The van der Waals surface area contributed by atoms with Gasteiger partial charge in [-0.1, -0.05) is 36.2 Å². The summed E-state index contributed by atoms with van der Waals surface area (Å²) in [6.45, 7) is 0.763. The van der Waals surface area contributed by atoms with E-state index in [1.165, 1.54) is 6.07 Å². The van der Waals surface area contributed by atoms with E-state index >= 15 is 0 Å². The first-order chi connectivity index (χ1) is 15.6. The molecule has 1 aliphatic rings. The maximum absolute atomic E-state index is 14.5. The molecule has 0 fully saturated rings. The summed E-state index contributed by atoms with van der Waals surface area (Å²) in [4.78, 5) is 8.79. The van der Waals surface area contributed by atoms with E-state index in [4.69, 9.17) is 21.3 Å². The average Bonchev–Trinajstić information content (AvgIpc) is 3.35. The Hall–Kier alpha value is -3.39. The number of ether oxygens (including phenoxy) is 1. The van der Waals surface area contributed by atoms with E-state index in [-0.39, 0.29) is 11.7 Å². The lowest BCUT2D eigenvalue weighted by atomic mass is 9.93. The van der Waals surface area contributed by atoms with E-state index in [0.717, 1.165) is 43.0 Å². The monoisotopic (exact) mass is 452 g/mol. The zero-order chi connectivity index (χ0) is 22.1. The summed E-state index contributed by atoms with van der Waals surface area (Å²) >= 11 is 5.94. The van der Waals surface area contributed by atoms with Crippen molar-refractivity contribution in [3.8, 4) is 11.4 Å². The lowest BCUT2D eigenvalue weighted by Gasteiger charge is -2.14. The second kappa shape index (κ2) is 8.63. The Balaban J connectivity index is 1.45. The number of hydrogen-bond acceptors (Lipinski definition) is 5. The molecule has 0 unspecified atom stereocenters. The van der Waals surface area contributed by atoms with E-state index in [9.17, 15) is 4.39 Å². The van der Waals surface area contributed by atoms with Crippen molar-refractivity contribution >= 4 is 23.2 Å². The highest BCUT2D eigenvalue weighted by Gasteiger charge is 2.26. The summed E-state index contributed by atoms with van der Waals surface area (Å²) in [6, 6.07) is 12.6. The van der Waals surface area contributed by atoms with Crippen LogP contribution in [-0.4, -0.2) is 31.4 Å². The van der Waals surface area contributed by atoms with Crippen molar-refractivity contribution < 1.29 is 9.13 Å². The second-order valence-electron chi connectivity index (χ2n) is 7.70. The van der Waals surface area contributed by atoms with Crippen LogP contribution < -0.4 is 10.1 Å². The van der Waals surface area contributed by atoms with Gasteiger partial charge in [0.15, 0.2) is 0 Å². The molecule has 0 bridgehead atoms. The molecule has 0 saturated heterocycles. The topological polar surface area (TPSA) is 69.8 Å². The van der Waals surface area contributed by atoms with Crippen LogP contribution in [0.3, 0.4) is 0 Å². The molecule has 2 aromatic carbocycles. The van der Waals surface area contributed by atoms with Gasteiger partial charge in [-0.05, 0) is 36.6 Å². The van der Waals surface area contributed by atoms with Crippen LogP contribution in [0.25, 0.3) is 5.69 Å². The third kappa shape index (κ3) is 3.93. The SMILES string of the molecule is COc1cc(Nc2nc3n(n2)CCCC[C@H]3c2ccccc2F)ccc1-n1cnc(Cl)c1. The number of aromatic nitrogens is 5. The van der Waals surface area contributed by atoms with Crippen molar-refractivity contribution in [2.24, 2.45) is 0 Å². The van der Waals surface area contributed by atoms with Crippen LogP contribution in [0.5, 0.6) is 5.75 Å². The predicted octanol–water partition coefficient (Wildman–Crippen LogP) is 5.32. The van der Waals surface area contributed by atoms with Crippen LogP contribution in [0.4, 0.5) is 16.0 Å². The summed E-state index contributed by atoms with van der Waals surface area (Å²) in [7, 11) is 1.61. The van der Waals surface area contributed by atoms with E-state index in [0.29, 0.717) is 22.4 Å². The zero-order valence-electron chi connectivity index (χ0n) is 17.5. The molecule has 32 heavy (non-hydrogen) atoms. The lowest BCUT2D eigenvalue weighted by Crippen LogP contribution is -2.09. The molecule has 164 valence electrons. The normalized spacial score (nSPS) is 15.8. The molecular formula is C23H22ClFN6O. The quantitative estimate of drug-likeness (QED) is 0.443. The molecule has 0 radical (unpaired) electrons. The Labute approximate surface area is 189 Å². The standard InChI is InChI=1S/C23H22ClFN6O/c1-32-20-12-15(9-10-19(20)30-13-21(24)26-14-30)27-23-28-22-17(7-4-5-11-31(22)29-23)16-6-2-3-8-18(16)25/h2-3,6,8-10,12-14,17H,4-5,7,11H2,1H3,(H,27,29)/t17-/m0/s1. The Bertz CT molecular complexity index is 1250. The average molecular weight is 453 g/mol. The van der Waals surface area contributed by atoms with Gasteiger partial charge in [-0.3, -0.25) is 0 Å². The molecule has 4 aromatic rings. The molecule has 3 heterocycles. The fraction of sp³-hybridized carbons (Fsp3) is 0.261. The molecule has 1 aliphatic heterocycles. The molecule has 0 amide bonds. The smallest absolute Gasteiger partial charge is 0.246 e. The maximum atomic E-state index is 14.5. The largest absolute Gasteiger partial charge is 0.494 e. The number of halogens is 2. The van der Waals surface area contributed by atoms with E-state index < -0.39 is 0 Å². The number of rotatable bonds is 5. The van der Waals surface area contributed by atoms with Crippen molar-refractivity contribution in [3.63, 3.8) is 0 Å². The Morgan fingerprint density at radius 3 is 2.84 bits per heavy atom. The highest BCUT2D eigenvalue weighted by molar-refractivity contribution is 6.29. The van der Waals surface area contributed by atoms with Gasteiger partial charge in [0.2, 0.25) is 5.95 Å². The van der Waals surface area contributed by atoms with Crippen LogP contribution in [0.15, 0.2) is 55.0 Å². The summed E-state index contributed by atoms with van der Waals surface area (Å²) in [5, 5.41) is 8.31. The molecule has 1 N–H and O–H groups in total. The number of benzene rings is 2. The molecule has 7 nitrogen and oxygen atoms in total. The maximum Gasteiger partial charge on any atom is 0.246 e. The minimum Gasteiger partial charge on any atom is -0.494 e. The Morgan fingerprint density at radius 1 is 1.19 bits per heavy atom. The van der Waals surface area contributed by atoms with Crippen LogP contribution in [0.2, 0.25) is 5.15 Å². The molecule has 0 saturated carbocycles. The molecule has 1 atom stereocenters. The first-order valence-electron chi connectivity index (χ1n) is 10.5. The van der Waals surface area contributed by atoms with E-state index in [2.05, 4.69) is 15.4 Å². The van der Waals surface area contributed by atoms with Gasteiger partial charge in [0.1, 0.15) is 28.9 Å². The number of anilines is 2. The van der Waals surface area contributed by atoms with Crippen LogP contribution in [0.1, 0.15) is 36.6 Å². The number of nitrogens with zero attached hydrogens (tertiary/aromatic N) is 5. The van der Waals surface area contributed by atoms with Crippen molar-refractivity contribution in [1.82, 2.24) is 24.3 Å². The van der Waals surface area contributed by atoms with Gasteiger partial charge in [-0.2, -0.15) is 4.98 Å². The minimum absolute atomic E-state index is 0.121. The van der Waals surface area contributed by atoms with Crippen LogP contribution >= 0.6 is 11.6 Å². The third-order valence-corrected chi connectivity index (χ3v) is 5.87. The predicted molar refractivity (Wildman–Crippen MR) is 121 cm³/mol. The first kappa shape index (κ1) is 20.5. The summed E-state index contributed by atoms with van der Waals surface area (Å²) in [6.07, 6.45) is 6.17. The Morgan fingerprint density at radius 2 is 2.06 bits per heavy atom. The summed E-state index contributed by atoms with van der Waals surface area (Å²) < 4.78 is 23.8. The van der Waals surface area contributed by atoms with Gasteiger partial charge in [-0.15, -0.1) is 5.10 Å². The molecule has 0 spiro atoms. The number of aryl methyl sites for hydroxylation is 1. The number of imidazole rings is 1. The molecule has 0 aliphatic carbocycles. The Kier molecular flexibility index (Phi) is 5.53. The summed E-state index contributed by atoms with van der Waals surface area (Å²) in [5.41, 5.74) is 2.25. The van der Waals surface area contributed by atoms with Crippen molar-refractivity contribution in [2.45, 2.75) is 31.7 Å². The van der Waals surface area contributed by atoms with Gasteiger partial charge in [-0.25, -0.2) is 14.1 Å². The van der Waals surface area contributed by atoms with E-state index in [1.54, 1.807) is 30.3 Å². The molecule has 5 rings (SSSR count). The van der Waals surface area contributed by atoms with Gasteiger partial charge in [0.25, 0.3) is 0 Å². The molecule has 2 aromatic heterocycles. The molecular weight excluding hydrogens is 431 g/mol. The second-order valence-corrected chi connectivity index (χ2v) is 8.09. The highest BCUT2D eigenvalue weighted by atomic mass is 35.5. The highest BCUT2D eigenvalue weighted by Crippen LogP contribution is 2.34. The summed E-state index contributed by atoms with van der Waals surface area (Å²) in [5.74, 6) is 1.58. The fourth-order valence-corrected chi connectivity index (χ4v) is 4.30. The number of nitrogens with one attached hydrogen (secondary N) is 1. The van der Waals surface area contributed by atoms with Crippen molar-refractivity contribution in [2.75, 3.05) is 12.4 Å². The van der Waals surface area contributed by atoms with Gasteiger partial charge in [0, 0.05) is 30.4 Å². The fourth-order valence-electron chi connectivity index (χ4n) is 4.15. The van der Waals surface area contributed by atoms with Gasteiger partial charge < -0.3 is 14.6 Å². The molecule has 9 heteroatoms. The zero-order valence-corrected chi connectivity index (χ0v) is 18.3. The van der Waals surface area contributed by atoms with Crippen LogP contribution in [-0.2, 0) is 6.54 Å². The van der Waals surface area contributed by atoms with Gasteiger partial charge in [0.05, 0.1) is 12.8 Å². The third-order valence-electron chi connectivity index (χ3n) is 5.67. The van der Waals surface area contributed by atoms with Crippen molar-refractivity contribution in [1.29, 1.82) is 0 Å². The van der Waals surface area contributed by atoms with Crippen LogP contribution in [0, 0.1) is 5.82 Å². The number of fused-ring (bicyclic) bond motifs is 1. The lowest BCUT2D eigenvalue weighted by molar-refractivity contribution is 0.413.